The van der Waals surface area contributed by atoms with Gasteiger partial charge in [-0.25, -0.2) is 9.37 Å². The van der Waals surface area contributed by atoms with Crippen molar-refractivity contribution in [1.82, 2.24) is 14.9 Å². The number of piperazine rings is 1. The van der Waals surface area contributed by atoms with Crippen LogP contribution in [0.5, 0.6) is 0 Å². The fourth-order valence-corrected chi connectivity index (χ4v) is 5.38. The zero-order valence-corrected chi connectivity index (χ0v) is 22.6. The van der Waals surface area contributed by atoms with Crippen LogP contribution >= 0.6 is 11.6 Å². The number of nitrogens with zero attached hydrogens (tertiary/aromatic N) is 5. The molecular formula is C30H29ClFN7O. The molecule has 3 heterocycles. The van der Waals surface area contributed by atoms with E-state index < -0.39 is 11.9 Å². The average molecular weight is 558 g/mol. The molecule has 204 valence electrons. The van der Waals surface area contributed by atoms with Gasteiger partial charge in [0, 0.05) is 60.6 Å². The van der Waals surface area contributed by atoms with E-state index in [2.05, 4.69) is 37.2 Å². The molecule has 1 saturated heterocycles. The van der Waals surface area contributed by atoms with Crippen molar-refractivity contribution in [2.45, 2.75) is 12.5 Å². The summed E-state index contributed by atoms with van der Waals surface area (Å²) in [5.74, 6) is -0.0660. The highest BCUT2D eigenvalue weighted by Crippen LogP contribution is 2.38. The van der Waals surface area contributed by atoms with Crippen LogP contribution in [0.15, 0.2) is 79.0 Å². The van der Waals surface area contributed by atoms with E-state index in [1.54, 1.807) is 17.2 Å². The lowest BCUT2D eigenvalue weighted by Gasteiger charge is -2.37. The highest BCUT2D eigenvalue weighted by molar-refractivity contribution is 6.30. The summed E-state index contributed by atoms with van der Waals surface area (Å²) in [6, 6.07) is 21.4. The average Bonchev–Trinajstić information content (AvgIpc) is 3.21. The molecule has 1 amide bonds. The molecule has 1 fully saturated rings. The summed E-state index contributed by atoms with van der Waals surface area (Å²) < 4.78 is 14.3. The van der Waals surface area contributed by atoms with Crippen LogP contribution in [0.1, 0.15) is 22.7 Å². The third-order valence-electron chi connectivity index (χ3n) is 7.42. The van der Waals surface area contributed by atoms with Crippen LogP contribution in [0.4, 0.5) is 27.5 Å². The molecule has 2 aliphatic heterocycles. The van der Waals surface area contributed by atoms with E-state index in [0.717, 1.165) is 37.3 Å². The van der Waals surface area contributed by atoms with E-state index in [9.17, 15) is 9.18 Å². The van der Waals surface area contributed by atoms with Crippen LogP contribution in [0.3, 0.4) is 0 Å². The molecule has 0 spiro atoms. The predicted octanol–water partition coefficient (Wildman–Crippen LogP) is 4.72. The van der Waals surface area contributed by atoms with E-state index in [1.807, 2.05) is 42.5 Å². The zero-order chi connectivity index (χ0) is 27.6. The molecule has 40 heavy (non-hydrogen) atoms. The normalized spacial score (nSPS) is 17.2. The Labute approximate surface area is 237 Å². The van der Waals surface area contributed by atoms with E-state index in [-0.39, 0.29) is 11.9 Å². The van der Waals surface area contributed by atoms with Crippen molar-refractivity contribution in [2.75, 3.05) is 53.7 Å². The lowest BCUT2D eigenvalue weighted by atomic mass is 10.1. The number of halogens is 2. The van der Waals surface area contributed by atoms with Crippen molar-refractivity contribution in [3.63, 3.8) is 0 Å². The Morgan fingerprint density at radius 3 is 2.48 bits per heavy atom. The molecule has 8 nitrogen and oxygen atoms in total. The van der Waals surface area contributed by atoms with Gasteiger partial charge in [-0.3, -0.25) is 14.6 Å². The van der Waals surface area contributed by atoms with Crippen LogP contribution in [0.25, 0.3) is 0 Å². The van der Waals surface area contributed by atoms with Crippen LogP contribution in [0, 0.1) is 5.82 Å². The molecule has 3 N–H and O–H groups in total. The summed E-state index contributed by atoms with van der Waals surface area (Å²) in [4.78, 5) is 28.8. The van der Waals surface area contributed by atoms with Crippen molar-refractivity contribution in [3.05, 3.63) is 107 Å². The van der Waals surface area contributed by atoms with E-state index >= 15 is 0 Å². The summed E-state index contributed by atoms with van der Waals surface area (Å²) in [7, 11) is 0. The third-order valence-corrected chi connectivity index (χ3v) is 7.67. The Morgan fingerprint density at radius 2 is 1.75 bits per heavy atom. The minimum atomic E-state index is -0.821. The standard InChI is InChI=1S/C30H29ClFN7O/c31-22-8-6-20(7-9-22)16-21-18-34-30(36-28(21)33)35-27-25-17-23(32)10-11-26(25)39(29(27)40)19-37-12-14-38(15-13-37)24-4-2-1-3-5-24/h1-11,17-18,27H,12-16,19H2,(H3,33,34,35,36). The highest BCUT2D eigenvalue weighted by Gasteiger charge is 2.39. The highest BCUT2D eigenvalue weighted by atomic mass is 35.5. The molecule has 0 saturated carbocycles. The first-order valence-electron chi connectivity index (χ1n) is 13.2. The number of hydrogen-bond donors (Lipinski definition) is 2. The predicted molar refractivity (Wildman–Crippen MR) is 156 cm³/mol. The number of para-hydroxylation sites is 1. The number of amides is 1. The quantitative estimate of drug-likeness (QED) is 0.340. The van der Waals surface area contributed by atoms with Gasteiger partial charge in [0.2, 0.25) is 5.95 Å². The molecule has 1 aromatic heterocycles. The smallest absolute Gasteiger partial charge is 0.255 e. The van der Waals surface area contributed by atoms with Crippen LogP contribution in [-0.2, 0) is 11.2 Å². The lowest BCUT2D eigenvalue weighted by molar-refractivity contribution is -0.119. The van der Waals surface area contributed by atoms with Gasteiger partial charge in [0.15, 0.2) is 0 Å². The number of carbonyl (C=O) groups excluding carboxylic acids is 1. The summed E-state index contributed by atoms with van der Waals surface area (Å²) in [6.45, 7) is 3.75. The Morgan fingerprint density at radius 1 is 1.00 bits per heavy atom. The van der Waals surface area contributed by atoms with Crippen molar-refractivity contribution in [1.29, 1.82) is 0 Å². The maximum Gasteiger partial charge on any atom is 0.255 e. The van der Waals surface area contributed by atoms with Gasteiger partial charge >= 0.3 is 0 Å². The first-order valence-corrected chi connectivity index (χ1v) is 13.6. The number of nitrogen functional groups attached to an aromatic ring is 1. The Hall–Kier alpha value is -4.21. The van der Waals surface area contributed by atoms with Gasteiger partial charge in [0.1, 0.15) is 17.7 Å². The number of nitrogens with one attached hydrogen (secondary N) is 1. The molecule has 0 bridgehead atoms. The van der Waals surface area contributed by atoms with E-state index in [1.165, 1.54) is 17.8 Å². The molecule has 4 aromatic rings. The van der Waals surface area contributed by atoms with E-state index in [0.29, 0.717) is 35.2 Å². The van der Waals surface area contributed by atoms with Gasteiger partial charge in [-0.05, 0) is 48.0 Å². The van der Waals surface area contributed by atoms with Gasteiger partial charge in [-0.2, -0.15) is 4.98 Å². The third kappa shape index (κ3) is 5.43. The first kappa shape index (κ1) is 26.0. The van der Waals surface area contributed by atoms with Crippen LogP contribution in [0.2, 0.25) is 5.02 Å². The number of anilines is 4. The molecule has 6 rings (SSSR count). The molecular weight excluding hydrogens is 529 g/mol. The Balaban J connectivity index is 1.16. The van der Waals surface area contributed by atoms with E-state index in [4.69, 9.17) is 17.3 Å². The molecule has 0 radical (unpaired) electrons. The second-order valence-corrected chi connectivity index (χ2v) is 10.5. The van der Waals surface area contributed by atoms with Crippen LogP contribution < -0.4 is 20.9 Å². The maximum atomic E-state index is 14.3. The topological polar surface area (TPSA) is 90.6 Å². The fourth-order valence-electron chi connectivity index (χ4n) is 5.26. The Kier molecular flexibility index (Phi) is 7.23. The van der Waals surface area contributed by atoms with Crippen LogP contribution in [-0.4, -0.2) is 53.6 Å². The molecule has 2 aliphatic rings. The summed E-state index contributed by atoms with van der Waals surface area (Å²) in [5, 5.41) is 3.77. The van der Waals surface area contributed by atoms with Gasteiger partial charge in [-0.15, -0.1) is 0 Å². The second-order valence-electron chi connectivity index (χ2n) is 10.0. The fraction of sp³-hybridized carbons (Fsp3) is 0.233. The molecule has 0 aliphatic carbocycles. The number of benzene rings is 3. The number of fused-ring (bicyclic) bond motifs is 1. The largest absolute Gasteiger partial charge is 0.383 e. The van der Waals surface area contributed by atoms with Crippen molar-refractivity contribution >= 4 is 40.6 Å². The van der Waals surface area contributed by atoms with Gasteiger partial charge < -0.3 is 16.0 Å². The number of hydrogen-bond acceptors (Lipinski definition) is 7. The maximum absolute atomic E-state index is 14.3. The molecule has 3 aromatic carbocycles. The zero-order valence-electron chi connectivity index (χ0n) is 21.8. The number of rotatable bonds is 7. The number of aromatic nitrogens is 2. The monoisotopic (exact) mass is 557 g/mol. The Bertz CT molecular complexity index is 1510. The number of nitrogens with two attached hydrogens (primary N) is 1. The van der Waals surface area contributed by atoms with Crippen molar-refractivity contribution < 1.29 is 9.18 Å². The minimum absolute atomic E-state index is 0.182. The van der Waals surface area contributed by atoms with Gasteiger partial charge in [0.05, 0.1) is 12.4 Å². The van der Waals surface area contributed by atoms with Gasteiger partial charge in [0.25, 0.3) is 5.91 Å². The molecule has 1 atom stereocenters. The number of carbonyl (C=O) groups is 1. The SMILES string of the molecule is Nc1nc(NC2C(=O)N(CN3CCN(c4ccccc4)CC3)c3ccc(F)cc32)ncc1Cc1ccc(Cl)cc1. The van der Waals surface area contributed by atoms with Gasteiger partial charge in [-0.1, -0.05) is 41.9 Å². The molecule has 1 unspecified atom stereocenters. The minimum Gasteiger partial charge on any atom is -0.383 e. The van der Waals surface area contributed by atoms with Crippen molar-refractivity contribution in [2.24, 2.45) is 0 Å². The lowest BCUT2D eigenvalue weighted by Crippen LogP contribution is -2.51. The molecule has 10 heteroatoms. The summed E-state index contributed by atoms with van der Waals surface area (Å²) >= 11 is 5.98. The summed E-state index contributed by atoms with van der Waals surface area (Å²) in [5.41, 5.74) is 10.5. The first-order chi connectivity index (χ1) is 19.4. The second kappa shape index (κ2) is 11.1. The van der Waals surface area contributed by atoms with Crippen molar-refractivity contribution in [3.8, 4) is 0 Å². The summed E-state index contributed by atoms with van der Waals surface area (Å²) in [6.07, 6.45) is 2.19.